The van der Waals surface area contributed by atoms with Crippen molar-refractivity contribution in [2.24, 2.45) is 0 Å². The van der Waals surface area contributed by atoms with Crippen LogP contribution < -0.4 is 4.72 Å². The van der Waals surface area contributed by atoms with E-state index in [2.05, 4.69) is 15.9 Å². The zero-order chi connectivity index (χ0) is 17.4. The quantitative estimate of drug-likeness (QED) is 0.675. The lowest BCUT2D eigenvalue weighted by Gasteiger charge is -2.10. The minimum atomic E-state index is -4.48. The molecule has 0 saturated heterocycles. The monoisotopic (exact) mass is 407 g/mol. The molecule has 122 valence electrons. The van der Waals surface area contributed by atoms with E-state index in [9.17, 15) is 27.1 Å². The minimum Gasteiger partial charge on any atom is -0.507 e. The van der Waals surface area contributed by atoms with E-state index < -0.39 is 43.8 Å². The fraction of sp³-hybridized carbons (Fsp3) is 0. The van der Waals surface area contributed by atoms with Gasteiger partial charge in [-0.25, -0.2) is 22.0 Å². The van der Waals surface area contributed by atoms with Gasteiger partial charge >= 0.3 is 5.97 Å². The topological polar surface area (TPSA) is 104 Å². The molecule has 0 aliphatic rings. The number of hydrogen-bond acceptors (Lipinski definition) is 4. The Morgan fingerprint density at radius 3 is 2.35 bits per heavy atom. The number of aromatic carboxylic acids is 1. The molecular weight excluding hydrogens is 400 g/mol. The van der Waals surface area contributed by atoms with Crippen LogP contribution in [-0.2, 0) is 10.0 Å². The molecular formula is C13H8BrF2NO5S. The summed E-state index contributed by atoms with van der Waals surface area (Å²) in [5, 5.41) is 18.3. The lowest BCUT2D eigenvalue weighted by Crippen LogP contribution is -2.15. The maximum absolute atomic E-state index is 13.7. The highest BCUT2D eigenvalue weighted by Crippen LogP contribution is 2.27. The standard InChI is InChI=1S/C13H8BrF2NO5S/c14-8-4-10(16)12(5-9(8)15)23(21,22)17-6-1-2-7(13(19)20)11(18)3-6/h1-5,17-18H,(H,19,20). The average molecular weight is 408 g/mol. The second-order valence-electron chi connectivity index (χ2n) is 4.34. The third-order valence-corrected chi connectivity index (χ3v) is 4.75. The Kier molecular flexibility index (Phi) is 4.57. The highest BCUT2D eigenvalue weighted by molar-refractivity contribution is 9.10. The van der Waals surface area contributed by atoms with E-state index in [1.54, 1.807) is 0 Å². The highest BCUT2D eigenvalue weighted by atomic mass is 79.9. The van der Waals surface area contributed by atoms with Gasteiger partial charge in [-0.1, -0.05) is 0 Å². The van der Waals surface area contributed by atoms with E-state index in [1.807, 2.05) is 4.72 Å². The van der Waals surface area contributed by atoms with Crippen molar-refractivity contribution in [3.63, 3.8) is 0 Å². The molecule has 0 atom stereocenters. The number of carboxylic acid groups (broad SMARTS) is 1. The second-order valence-corrected chi connectivity index (χ2v) is 6.84. The molecule has 2 aromatic rings. The van der Waals surface area contributed by atoms with Crippen LogP contribution in [0.25, 0.3) is 0 Å². The third-order valence-electron chi connectivity index (χ3n) is 2.74. The minimum absolute atomic E-state index is 0.213. The van der Waals surface area contributed by atoms with Crippen LogP contribution in [0.15, 0.2) is 39.7 Å². The van der Waals surface area contributed by atoms with Crippen LogP contribution in [0.1, 0.15) is 10.4 Å². The van der Waals surface area contributed by atoms with Crippen LogP contribution in [0.3, 0.4) is 0 Å². The summed E-state index contributed by atoms with van der Waals surface area (Å²) in [5.74, 6) is -4.24. The molecule has 0 heterocycles. The van der Waals surface area contributed by atoms with E-state index >= 15 is 0 Å². The number of anilines is 1. The summed E-state index contributed by atoms with van der Waals surface area (Å²) in [5.41, 5.74) is -0.649. The molecule has 6 nitrogen and oxygen atoms in total. The number of aromatic hydroxyl groups is 1. The normalized spacial score (nSPS) is 11.3. The third kappa shape index (κ3) is 3.59. The van der Waals surface area contributed by atoms with Gasteiger partial charge in [-0.05, 0) is 40.2 Å². The van der Waals surface area contributed by atoms with Gasteiger partial charge in [0.1, 0.15) is 27.8 Å². The lowest BCUT2D eigenvalue weighted by molar-refractivity contribution is 0.0694. The molecule has 3 N–H and O–H groups in total. The first-order valence-electron chi connectivity index (χ1n) is 5.85. The van der Waals surface area contributed by atoms with Gasteiger partial charge in [0.15, 0.2) is 0 Å². The molecule has 0 unspecified atom stereocenters. The molecule has 0 spiro atoms. The van der Waals surface area contributed by atoms with Gasteiger partial charge in [0.25, 0.3) is 10.0 Å². The number of halogens is 3. The number of sulfonamides is 1. The summed E-state index contributed by atoms with van der Waals surface area (Å²) >= 11 is 2.73. The van der Waals surface area contributed by atoms with Gasteiger partial charge in [-0.3, -0.25) is 4.72 Å². The number of benzene rings is 2. The lowest BCUT2D eigenvalue weighted by atomic mass is 10.2. The van der Waals surface area contributed by atoms with E-state index in [0.29, 0.717) is 12.1 Å². The van der Waals surface area contributed by atoms with Crippen molar-refractivity contribution in [1.29, 1.82) is 0 Å². The first-order valence-corrected chi connectivity index (χ1v) is 8.13. The van der Waals surface area contributed by atoms with Crippen LogP contribution in [-0.4, -0.2) is 24.6 Å². The number of nitrogens with one attached hydrogen (secondary N) is 1. The summed E-state index contributed by atoms with van der Waals surface area (Å²) in [6.45, 7) is 0. The highest BCUT2D eigenvalue weighted by Gasteiger charge is 2.22. The van der Waals surface area contributed by atoms with Crippen molar-refractivity contribution in [3.05, 3.63) is 52.0 Å². The van der Waals surface area contributed by atoms with E-state index in [4.69, 9.17) is 5.11 Å². The SMILES string of the molecule is O=C(O)c1ccc(NS(=O)(=O)c2cc(F)c(Br)cc2F)cc1O. The first-order chi connectivity index (χ1) is 10.6. The molecule has 2 rings (SSSR count). The van der Waals surface area contributed by atoms with Gasteiger partial charge in [0, 0.05) is 6.07 Å². The predicted octanol–water partition coefficient (Wildman–Crippen LogP) is 2.93. The molecule has 0 amide bonds. The molecule has 23 heavy (non-hydrogen) atoms. The van der Waals surface area contributed by atoms with Gasteiger partial charge in [0.05, 0.1) is 10.2 Å². The second kappa shape index (κ2) is 6.13. The Labute approximate surface area is 137 Å². The fourth-order valence-corrected chi connectivity index (χ4v) is 3.13. The maximum Gasteiger partial charge on any atom is 0.339 e. The summed E-state index contributed by atoms with van der Waals surface area (Å²) < 4.78 is 53.0. The molecule has 0 aliphatic carbocycles. The van der Waals surface area contributed by atoms with Crippen LogP contribution >= 0.6 is 15.9 Å². The van der Waals surface area contributed by atoms with Crippen LogP contribution in [0.2, 0.25) is 0 Å². The number of hydrogen-bond donors (Lipinski definition) is 3. The molecule has 0 bridgehead atoms. The Morgan fingerprint density at radius 2 is 1.78 bits per heavy atom. The Morgan fingerprint density at radius 1 is 1.13 bits per heavy atom. The van der Waals surface area contributed by atoms with E-state index in [1.165, 1.54) is 0 Å². The van der Waals surface area contributed by atoms with E-state index in [-0.39, 0.29) is 10.2 Å². The summed E-state index contributed by atoms with van der Waals surface area (Å²) in [6.07, 6.45) is 0. The van der Waals surface area contributed by atoms with Crippen molar-refractivity contribution in [1.82, 2.24) is 0 Å². The Hall–Kier alpha value is -2.20. The van der Waals surface area contributed by atoms with Gasteiger partial charge < -0.3 is 10.2 Å². The molecule has 0 saturated carbocycles. The fourth-order valence-electron chi connectivity index (χ4n) is 1.70. The molecule has 2 aromatic carbocycles. The zero-order valence-corrected chi connectivity index (χ0v) is 13.5. The van der Waals surface area contributed by atoms with Gasteiger partial charge in [0.2, 0.25) is 0 Å². The zero-order valence-electron chi connectivity index (χ0n) is 11.0. The maximum atomic E-state index is 13.7. The molecule has 0 fully saturated rings. The smallest absolute Gasteiger partial charge is 0.339 e. The van der Waals surface area contributed by atoms with Crippen molar-refractivity contribution >= 4 is 37.6 Å². The van der Waals surface area contributed by atoms with Crippen LogP contribution in [0, 0.1) is 11.6 Å². The number of carboxylic acids is 1. The summed E-state index contributed by atoms with van der Waals surface area (Å²) in [7, 11) is -4.48. The molecule has 10 heteroatoms. The molecule has 0 aromatic heterocycles. The number of carbonyl (C=O) groups is 1. The van der Waals surface area contributed by atoms with Crippen molar-refractivity contribution in [2.75, 3.05) is 4.72 Å². The average Bonchev–Trinajstić information content (AvgIpc) is 2.41. The van der Waals surface area contributed by atoms with Crippen molar-refractivity contribution < 1.29 is 32.2 Å². The summed E-state index contributed by atoms with van der Waals surface area (Å²) in [4.78, 5) is 9.83. The van der Waals surface area contributed by atoms with Crippen molar-refractivity contribution in [3.8, 4) is 5.75 Å². The number of phenols is 1. The van der Waals surface area contributed by atoms with Crippen LogP contribution in [0.5, 0.6) is 5.75 Å². The first kappa shape index (κ1) is 17.2. The Balaban J connectivity index is 2.41. The molecule has 0 radical (unpaired) electrons. The number of rotatable bonds is 4. The summed E-state index contributed by atoms with van der Waals surface area (Å²) in [6, 6.07) is 4.03. The predicted molar refractivity (Wildman–Crippen MR) is 79.9 cm³/mol. The van der Waals surface area contributed by atoms with Crippen molar-refractivity contribution in [2.45, 2.75) is 4.90 Å². The van der Waals surface area contributed by atoms with E-state index in [0.717, 1.165) is 18.2 Å². The van der Waals surface area contributed by atoms with Gasteiger partial charge in [-0.2, -0.15) is 0 Å². The Bertz CT molecular complexity index is 901. The largest absolute Gasteiger partial charge is 0.507 e. The van der Waals surface area contributed by atoms with Crippen LogP contribution in [0.4, 0.5) is 14.5 Å². The van der Waals surface area contributed by atoms with Gasteiger partial charge in [-0.15, -0.1) is 0 Å². The molecule has 0 aliphatic heterocycles.